The van der Waals surface area contributed by atoms with Crippen molar-refractivity contribution in [3.8, 4) is 0 Å². The highest BCUT2D eigenvalue weighted by Crippen LogP contribution is 2.25. The molecule has 0 saturated carbocycles. The van der Waals surface area contributed by atoms with Gasteiger partial charge in [0.2, 0.25) is 0 Å². The van der Waals surface area contributed by atoms with E-state index >= 15 is 0 Å². The second kappa shape index (κ2) is 5.25. The second-order valence-corrected chi connectivity index (χ2v) is 4.90. The molecule has 0 bridgehead atoms. The molecule has 2 aromatic carbocycles. The predicted molar refractivity (Wildman–Crippen MR) is 83.2 cm³/mol. The number of nitrogens with one attached hydrogen (secondary N) is 1. The number of carbonyl (C=O) groups is 1. The lowest BCUT2D eigenvalue weighted by molar-refractivity contribution is 0.0697. The van der Waals surface area contributed by atoms with Gasteiger partial charge in [0, 0.05) is 17.3 Å². The van der Waals surface area contributed by atoms with Crippen molar-refractivity contribution in [2.45, 2.75) is 6.92 Å². The van der Waals surface area contributed by atoms with Crippen LogP contribution in [0.1, 0.15) is 15.9 Å². The average Bonchev–Trinajstić information content (AvgIpc) is 2.47. The summed E-state index contributed by atoms with van der Waals surface area (Å²) < 4.78 is 0. The Balaban J connectivity index is 2.02. The van der Waals surface area contributed by atoms with Gasteiger partial charge in [-0.2, -0.15) is 0 Å². The molecule has 3 rings (SSSR count). The van der Waals surface area contributed by atoms with E-state index in [0.29, 0.717) is 5.69 Å². The lowest BCUT2D eigenvalue weighted by Gasteiger charge is -2.09. The predicted octanol–water partition coefficient (Wildman–Crippen LogP) is 3.99. The molecule has 0 radical (unpaired) electrons. The maximum Gasteiger partial charge on any atom is 0.335 e. The van der Waals surface area contributed by atoms with Gasteiger partial charge in [0.05, 0.1) is 5.56 Å². The summed E-state index contributed by atoms with van der Waals surface area (Å²) in [6.45, 7) is 2.04. The average molecular weight is 278 g/mol. The van der Waals surface area contributed by atoms with Crippen LogP contribution in [0.3, 0.4) is 0 Å². The van der Waals surface area contributed by atoms with Crippen molar-refractivity contribution < 1.29 is 9.90 Å². The standard InChI is InChI=1S/C17H14N2O2/c1-11-5-6-15-12(9-11)7-8-18-16(15)19-14-4-2-3-13(10-14)17(20)21/h2-10H,1H3,(H,18,19)(H,20,21). The zero-order valence-electron chi connectivity index (χ0n) is 11.5. The monoisotopic (exact) mass is 278 g/mol. The molecule has 1 aromatic heterocycles. The molecule has 3 aromatic rings. The highest BCUT2D eigenvalue weighted by Gasteiger charge is 2.06. The first-order chi connectivity index (χ1) is 10.1. The number of carboxylic acid groups (broad SMARTS) is 1. The van der Waals surface area contributed by atoms with Gasteiger partial charge in [0.25, 0.3) is 0 Å². The number of hydrogen-bond acceptors (Lipinski definition) is 3. The fourth-order valence-corrected chi connectivity index (χ4v) is 2.26. The Morgan fingerprint density at radius 2 is 2.00 bits per heavy atom. The summed E-state index contributed by atoms with van der Waals surface area (Å²) >= 11 is 0. The van der Waals surface area contributed by atoms with Crippen LogP contribution < -0.4 is 5.32 Å². The van der Waals surface area contributed by atoms with E-state index in [9.17, 15) is 4.79 Å². The highest BCUT2D eigenvalue weighted by atomic mass is 16.4. The second-order valence-electron chi connectivity index (χ2n) is 4.90. The molecule has 0 unspecified atom stereocenters. The maximum atomic E-state index is 11.0. The van der Waals surface area contributed by atoms with Gasteiger partial charge < -0.3 is 10.4 Å². The maximum absolute atomic E-state index is 11.0. The normalized spacial score (nSPS) is 10.5. The molecule has 104 valence electrons. The molecule has 1 heterocycles. The van der Waals surface area contributed by atoms with Crippen molar-refractivity contribution in [3.63, 3.8) is 0 Å². The van der Waals surface area contributed by atoms with Crippen molar-refractivity contribution in [1.29, 1.82) is 0 Å². The van der Waals surface area contributed by atoms with E-state index in [0.717, 1.165) is 16.6 Å². The largest absolute Gasteiger partial charge is 0.478 e. The number of aromatic nitrogens is 1. The number of aryl methyl sites for hydroxylation is 1. The molecule has 0 atom stereocenters. The van der Waals surface area contributed by atoms with E-state index < -0.39 is 5.97 Å². The molecular formula is C17H14N2O2. The van der Waals surface area contributed by atoms with Gasteiger partial charge in [0.1, 0.15) is 5.82 Å². The van der Waals surface area contributed by atoms with Crippen molar-refractivity contribution in [3.05, 3.63) is 65.9 Å². The highest BCUT2D eigenvalue weighted by molar-refractivity contribution is 5.94. The molecule has 0 aliphatic rings. The lowest BCUT2D eigenvalue weighted by atomic mass is 10.1. The molecule has 21 heavy (non-hydrogen) atoms. The van der Waals surface area contributed by atoms with Gasteiger partial charge >= 0.3 is 5.97 Å². The molecule has 4 heteroatoms. The van der Waals surface area contributed by atoms with Gasteiger partial charge in [-0.25, -0.2) is 9.78 Å². The third kappa shape index (κ3) is 2.69. The zero-order chi connectivity index (χ0) is 14.8. The van der Waals surface area contributed by atoms with Gasteiger partial charge in [-0.05, 0) is 36.6 Å². The van der Waals surface area contributed by atoms with Gasteiger partial charge in [0.15, 0.2) is 0 Å². The van der Waals surface area contributed by atoms with Gasteiger partial charge in [-0.15, -0.1) is 0 Å². The summed E-state index contributed by atoms with van der Waals surface area (Å²) in [6, 6.07) is 14.8. The third-order valence-electron chi connectivity index (χ3n) is 3.29. The Labute approximate surface area is 122 Å². The Bertz CT molecular complexity index is 828. The van der Waals surface area contributed by atoms with Crippen LogP contribution in [-0.2, 0) is 0 Å². The number of anilines is 2. The van der Waals surface area contributed by atoms with Crippen molar-refractivity contribution in [2.24, 2.45) is 0 Å². The molecule has 4 nitrogen and oxygen atoms in total. The molecule has 0 fully saturated rings. The molecule has 0 aliphatic carbocycles. The SMILES string of the molecule is Cc1ccc2c(Nc3cccc(C(=O)O)c3)nccc2c1. The van der Waals surface area contributed by atoms with Crippen LogP contribution in [0.5, 0.6) is 0 Å². The summed E-state index contributed by atoms with van der Waals surface area (Å²) in [5, 5.41) is 14.3. The topological polar surface area (TPSA) is 62.2 Å². The van der Waals surface area contributed by atoms with E-state index in [-0.39, 0.29) is 5.56 Å². The minimum absolute atomic E-state index is 0.246. The first-order valence-corrected chi connectivity index (χ1v) is 6.59. The summed E-state index contributed by atoms with van der Waals surface area (Å²) in [6.07, 6.45) is 1.74. The summed E-state index contributed by atoms with van der Waals surface area (Å²) in [7, 11) is 0. The molecular weight excluding hydrogens is 264 g/mol. The van der Waals surface area contributed by atoms with Crippen LogP contribution in [0, 0.1) is 6.92 Å². The molecule has 0 amide bonds. The van der Waals surface area contributed by atoms with E-state index in [4.69, 9.17) is 5.11 Å². The number of hydrogen-bond donors (Lipinski definition) is 2. The van der Waals surface area contributed by atoms with Crippen molar-refractivity contribution in [2.75, 3.05) is 5.32 Å². The number of rotatable bonds is 3. The number of pyridine rings is 1. The van der Waals surface area contributed by atoms with Crippen LogP contribution in [0.4, 0.5) is 11.5 Å². The number of benzene rings is 2. The summed E-state index contributed by atoms with van der Waals surface area (Å²) in [4.78, 5) is 15.4. The van der Waals surface area contributed by atoms with Crippen LogP contribution in [-0.4, -0.2) is 16.1 Å². The van der Waals surface area contributed by atoms with Crippen molar-refractivity contribution >= 4 is 28.2 Å². The number of nitrogens with zero attached hydrogens (tertiary/aromatic N) is 1. The minimum Gasteiger partial charge on any atom is -0.478 e. The Hall–Kier alpha value is -2.88. The fraction of sp³-hybridized carbons (Fsp3) is 0.0588. The zero-order valence-corrected chi connectivity index (χ0v) is 11.5. The van der Waals surface area contributed by atoms with Gasteiger partial charge in [-0.1, -0.05) is 29.8 Å². The molecule has 0 spiro atoms. The van der Waals surface area contributed by atoms with Gasteiger partial charge in [-0.3, -0.25) is 0 Å². The van der Waals surface area contributed by atoms with E-state index in [1.807, 2.05) is 31.2 Å². The Kier molecular flexibility index (Phi) is 3.28. The first kappa shape index (κ1) is 13.1. The third-order valence-corrected chi connectivity index (χ3v) is 3.29. The van der Waals surface area contributed by atoms with E-state index in [2.05, 4.69) is 16.4 Å². The number of fused-ring (bicyclic) bond motifs is 1. The van der Waals surface area contributed by atoms with E-state index in [1.54, 1.807) is 24.4 Å². The van der Waals surface area contributed by atoms with Crippen molar-refractivity contribution in [1.82, 2.24) is 4.98 Å². The molecule has 2 N–H and O–H groups in total. The van der Waals surface area contributed by atoms with E-state index in [1.165, 1.54) is 5.56 Å². The Morgan fingerprint density at radius 1 is 1.14 bits per heavy atom. The van der Waals surface area contributed by atoms with Crippen LogP contribution in [0.2, 0.25) is 0 Å². The van der Waals surface area contributed by atoms with Crippen LogP contribution in [0.25, 0.3) is 10.8 Å². The molecule has 0 aliphatic heterocycles. The smallest absolute Gasteiger partial charge is 0.335 e. The molecule has 0 saturated heterocycles. The first-order valence-electron chi connectivity index (χ1n) is 6.59. The summed E-state index contributed by atoms with van der Waals surface area (Å²) in [5.41, 5.74) is 2.14. The van der Waals surface area contributed by atoms with Crippen LogP contribution in [0.15, 0.2) is 54.7 Å². The Morgan fingerprint density at radius 3 is 2.81 bits per heavy atom. The minimum atomic E-state index is -0.944. The van der Waals surface area contributed by atoms with Crippen LogP contribution >= 0.6 is 0 Å². The number of aromatic carboxylic acids is 1. The lowest BCUT2D eigenvalue weighted by Crippen LogP contribution is -1.99. The quantitative estimate of drug-likeness (QED) is 0.760. The number of carboxylic acids is 1. The summed E-state index contributed by atoms with van der Waals surface area (Å²) in [5.74, 6) is -0.227. The fourth-order valence-electron chi connectivity index (χ4n) is 2.26.